The van der Waals surface area contributed by atoms with E-state index < -0.39 is 0 Å². The third-order valence-electron chi connectivity index (χ3n) is 2.81. The molecule has 0 bridgehead atoms. The van der Waals surface area contributed by atoms with E-state index in [-0.39, 0.29) is 5.91 Å². The minimum atomic E-state index is 0.0653. The molecule has 0 fully saturated rings. The molecule has 0 aliphatic carbocycles. The van der Waals surface area contributed by atoms with Crippen LogP contribution in [-0.2, 0) is 0 Å². The molecule has 0 aliphatic heterocycles. The predicted molar refractivity (Wildman–Crippen MR) is 75.0 cm³/mol. The fraction of sp³-hybridized carbons (Fsp3) is 0.571. The Balaban J connectivity index is 3.00. The fourth-order valence-corrected chi connectivity index (χ4v) is 1.96. The Hall–Kier alpha value is -1.58. The lowest BCUT2D eigenvalue weighted by Gasteiger charge is -2.22. The highest BCUT2D eigenvalue weighted by Crippen LogP contribution is 2.17. The second-order valence-corrected chi connectivity index (χ2v) is 4.41. The van der Waals surface area contributed by atoms with Gasteiger partial charge >= 0.3 is 0 Å². The highest BCUT2D eigenvalue weighted by atomic mass is 16.2. The summed E-state index contributed by atoms with van der Waals surface area (Å²) in [4.78, 5) is 18.6. The number of carbonyl (C=O) groups excluding carboxylic acids is 1. The van der Waals surface area contributed by atoms with Gasteiger partial charge in [-0.1, -0.05) is 13.8 Å². The largest absolute Gasteiger partial charge is 0.387 e. The third kappa shape index (κ3) is 3.45. The van der Waals surface area contributed by atoms with Crippen molar-refractivity contribution in [2.45, 2.75) is 33.6 Å². The Morgan fingerprint density at radius 1 is 1.33 bits per heavy atom. The van der Waals surface area contributed by atoms with Crippen LogP contribution in [0, 0.1) is 6.92 Å². The highest BCUT2D eigenvalue weighted by molar-refractivity contribution is 5.99. The van der Waals surface area contributed by atoms with Gasteiger partial charge in [0, 0.05) is 32.0 Å². The summed E-state index contributed by atoms with van der Waals surface area (Å²) in [7, 11) is 1.83. The van der Waals surface area contributed by atoms with Crippen molar-refractivity contribution in [3.63, 3.8) is 0 Å². The van der Waals surface area contributed by atoms with E-state index >= 15 is 0 Å². The summed E-state index contributed by atoms with van der Waals surface area (Å²) in [5.74, 6) is 0.0653. The lowest BCUT2D eigenvalue weighted by atomic mass is 10.1. The van der Waals surface area contributed by atoms with Gasteiger partial charge in [0.15, 0.2) is 0 Å². The number of rotatable bonds is 6. The van der Waals surface area contributed by atoms with E-state index in [0.29, 0.717) is 5.56 Å². The van der Waals surface area contributed by atoms with E-state index in [1.807, 2.05) is 24.9 Å². The number of hydrogen-bond donors (Lipinski definition) is 1. The maximum atomic E-state index is 12.5. The summed E-state index contributed by atoms with van der Waals surface area (Å²) in [5.41, 5.74) is 2.42. The summed E-state index contributed by atoms with van der Waals surface area (Å²) in [5, 5.41) is 3.07. The minimum Gasteiger partial charge on any atom is -0.387 e. The molecule has 0 saturated heterocycles. The second-order valence-electron chi connectivity index (χ2n) is 4.41. The van der Waals surface area contributed by atoms with Crippen LogP contribution in [0.1, 0.15) is 42.7 Å². The summed E-state index contributed by atoms with van der Waals surface area (Å²) in [6, 6.07) is 1.91. The van der Waals surface area contributed by atoms with Gasteiger partial charge in [-0.05, 0) is 25.8 Å². The van der Waals surface area contributed by atoms with Crippen LogP contribution < -0.4 is 5.32 Å². The van der Waals surface area contributed by atoms with Gasteiger partial charge in [-0.3, -0.25) is 9.78 Å². The number of nitrogens with one attached hydrogen (secondary N) is 1. The quantitative estimate of drug-likeness (QED) is 0.843. The van der Waals surface area contributed by atoms with Crippen molar-refractivity contribution in [1.29, 1.82) is 0 Å². The molecule has 1 aromatic heterocycles. The topological polar surface area (TPSA) is 45.2 Å². The van der Waals surface area contributed by atoms with Crippen molar-refractivity contribution in [2.24, 2.45) is 0 Å². The molecule has 0 radical (unpaired) electrons. The van der Waals surface area contributed by atoms with Gasteiger partial charge in [-0.15, -0.1) is 0 Å². The lowest BCUT2D eigenvalue weighted by Crippen LogP contribution is -2.33. The van der Waals surface area contributed by atoms with Crippen molar-refractivity contribution < 1.29 is 4.79 Å². The Morgan fingerprint density at radius 2 is 1.94 bits per heavy atom. The third-order valence-corrected chi connectivity index (χ3v) is 2.81. The summed E-state index contributed by atoms with van der Waals surface area (Å²) < 4.78 is 0. The Labute approximate surface area is 109 Å². The smallest absolute Gasteiger partial charge is 0.257 e. The molecule has 4 nitrogen and oxygen atoms in total. The zero-order valence-electron chi connectivity index (χ0n) is 11.8. The predicted octanol–water partition coefficient (Wildman–Crippen LogP) is 2.69. The van der Waals surface area contributed by atoms with Crippen molar-refractivity contribution in [1.82, 2.24) is 9.88 Å². The van der Waals surface area contributed by atoms with E-state index in [0.717, 1.165) is 37.3 Å². The molecular formula is C14H23N3O. The first-order chi connectivity index (χ1) is 8.63. The average molecular weight is 249 g/mol. The van der Waals surface area contributed by atoms with Crippen molar-refractivity contribution in [3.05, 3.63) is 23.5 Å². The number of amides is 1. The van der Waals surface area contributed by atoms with E-state index in [2.05, 4.69) is 24.1 Å². The number of carbonyl (C=O) groups is 1. The molecule has 0 aromatic carbocycles. The molecular weight excluding hydrogens is 226 g/mol. The van der Waals surface area contributed by atoms with Crippen LogP contribution in [-0.4, -0.2) is 35.9 Å². The number of aryl methyl sites for hydroxylation is 1. The number of aromatic nitrogens is 1. The Morgan fingerprint density at radius 3 is 2.44 bits per heavy atom. The molecule has 0 aliphatic rings. The van der Waals surface area contributed by atoms with Crippen LogP contribution in [0.5, 0.6) is 0 Å². The molecule has 18 heavy (non-hydrogen) atoms. The number of pyridine rings is 1. The summed E-state index contributed by atoms with van der Waals surface area (Å²) in [6.45, 7) is 7.68. The van der Waals surface area contributed by atoms with Gasteiger partial charge in [0.1, 0.15) is 0 Å². The maximum absolute atomic E-state index is 12.5. The van der Waals surface area contributed by atoms with Gasteiger partial charge in [-0.2, -0.15) is 0 Å². The number of hydrogen-bond acceptors (Lipinski definition) is 3. The molecule has 0 spiro atoms. The molecule has 4 heteroatoms. The van der Waals surface area contributed by atoms with E-state index in [4.69, 9.17) is 0 Å². The summed E-state index contributed by atoms with van der Waals surface area (Å²) >= 11 is 0. The van der Waals surface area contributed by atoms with Crippen LogP contribution in [0.3, 0.4) is 0 Å². The van der Waals surface area contributed by atoms with E-state index in [9.17, 15) is 4.79 Å². The number of anilines is 1. The molecule has 1 N–H and O–H groups in total. The van der Waals surface area contributed by atoms with Crippen molar-refractivity contribution in [3.8, 4) is 0 Å². The van der Waals surface area contributed by atoms with Gasteiger partial charge in [0.2, 0.25) is 0 Å². The maximum Gasteiger partial charge on any atom is 0.257 e. The standard InChI is InChI=1S/C14H23N3O/c1-5-7-17(8-6-2)14(18)12-10-16-11(3)9-13(12)15-4/h9-10H,5-8H2,1-4H3,(H,15,16). The first kappa shape index (κ1) is 14.5. The Bertz CT molecular complexity index is 398. The molecule has 100 valence electrons. The highest BCUT2D eigenvalue weighted by Gasteiger charge is 2.17. The van der Waals surface area contributed by atoms with Gasteiger partial charge < -0.3 is 10.2 Å². The fourth-order valence-electron chi connectivity index (χ4n) is 1.96. The van der Waals surface area contributed by atoms with E-state index in [1.165, 1.54) is 0 Å². The SMILES string of the molecule is CCCN(CCC)C(=O)c1cnc(C)cc1NC. The average Bonchev–Trinajstić information content (AvgIpc) is 2.37. The molecule has 0 saturated carbocycles. The van der Waals surface area contributed by atoms with Crippen LogP contribution in [0.2, 0.25) is 0 Å². The first-order valence-corrected chi connectivity index (χ1v) is 6.57. The minimum absolute atomic E-state index is 0.0653. The van der Waals surface area contributed by atoms with E-state index in [1.54, 1.807) is 6.20 Å². The van der Waals surface area contributed by atoms with Crippen LogP contribution >= 0.6 is 0 Å². The second kappa shape index (κ2) is 6.99. The van der Waals surface area contributed by atoms with Crippen LogP contribution in [0.25, 0.3) is 0 Å². The zero-order chi connectivity index (χ0) is 13.5. The van der Waals surface area contributed by atoms with Gasteiger partial charge in [0.05, 0.1) is 11.3 Å². The van der Waals surface area contributed by atoms with Crippen molar-refractivity contribution >= 4 is 11.6 Å². The Kier molecular flexibility index (Phi) is 5.62. The normalized spacial score (nSPS) is 10.2. The molecule has 0 unspecified atom stereocenters. The molecule has 1 amide bonds. The first-order valence-electron chi connectivity index (χ1n) is 6.57. The van der Waals surface area contributed by atoms with Gasteiger partial charge in [0.25, 0.3) is 5.91 Å². The molecule has 1 aromatic rings. The molecule has 1 rings (SSSR count). The van der Waals surface area contributed by atoms with Crippen molar-refractivity contribution in [2.75, 3.05) is 25.5 Å². The van der Waals surface area contributed by atoms with Crippen LogP contribution in [0.4, 0.5) is 5.69 Å². The monoisotopic (exact) mass is 249 g/mol. The molecule has 0 atom stereocenters. The summed E-state index contributed by atoms with van der Waals surface area (Å²) in [6.07, 6.45) is 3.61. The lowest BCUT2D eigenvalue weighted by molar-refractivity contribution is 0.0756. The van der Waals surface area contributed by atoms with Gasteiger partial charge in [-0.25, -0.2) is 0 Å². The zero-order valence-corrected chi connectivity index (χ0v) is 11.8. The number of nitrogens with zero attached hydrogens (tertiary/aromatic N) is 2. The van der Waals surface area contributed by atoms with Crippen LogP contribution in [0.15, 0.2) is 12.3 Å². The molecule has 1 heterocycles.